The zero-order valence-corrected chi connectivity index (χ0v) is 11.7. The Morgan fingerprint density at radius 1 is 1.48 bits per heavy atom. The van der Waals surface area contributed by atoms with Crippen LogP contribution in [0.1, 0.15) is 10.4 Å². The molecular formula is C15H10FN3OS. The van der Waals surface area contributed by atoms with Gasteiger partial charge in [0.05, 0.1) is 12.1 Å². The second kappa shape index (κ2) is 5.38. The summed E-state index contributed by atoms with van der Waals surface area (Å²) in [7, 11) is 0. The molecule has 0 unspecified atom stereocenters. The molecule has 21 heavy (non-hydrogen) atoms. The van der Waals surface area contributed by atoms with Crippen LogP contribution in [-0.2, 0) is 6.54 Å². The van der Waals surface area contributed by atoms with Crippen LogP contribution in [0.3, 0.4) is 0 Å². The van der Waals surface area contributed by atoms with Crippen LogP contribution in [0.2, 0.25) is 0 Å². The Hall–Kier alpha value is -2.65. The predicted molar refractivity (Wildman–Crippen MR) is 80.8 cm³/mol. The molecule has 0 saturated heterocycles. The van der Waals surface area contributed by atoms with E-state index in [-0.39, 0.29) is 12.1 Å². The van der Waals surface area contributed by atoms with Crippen molar-refractivity contribution in [3.63, 3.8) is 0 Å². The van der Waals surface area contributed by atoms with Crippen molar-refractivity contribution in [2.24, 2.45) is 0 Å². The largest absolute Gasteiger partial charge is 0.305 e. The lowest BCUT2D eigenvalue weighted by molar-refractivity contribution is 0.102. The van der Waals surface area contributed by atoms with Crippen LogP contribution in [0.5, 0.6) is 0 Å². The Balaban J connectivity index is 2.11. The number of para-hydroxylation sites is 1. The van der Waals surface area contributed by atoms with Crippen molar-refractivity contribution in [3.8, 4) is 12.3 Å². The van der Waals surface area contributed by atoms with E-state index >= 15 is 0 Å². The smallest absolute Gasteiger partial charge is 0.262 e. The Bertz CT molecular complexity index is 846. The topological polar surface area (TPSA) is 46.9 Å². The number of halogens is 1. The van der Waals surface area contributed by atoms with Crippen molar-refractivity contribution in [2.75, 3.05) is 5.32 Å². The van der Waals surface area contributed by atoms with Crippen LogP contribution in [0.15, 0.2) is 35.8 Å². The maximum atomic E-state index is 14.5. The molecule has 0 aliphatic carbocycles. The zero-order valence-electron chi connectivity index (χ0n) is 10.8. The van der Waals surface area contributed by atoms with E-state index in [0.717, 1.165) is 0 Å². The van der Waals surface area contributed by atoms with Gasteiger partial charge in [-0.25, -0.2) is 4.98 Å². The van der Waals surface area contributed by atoms with E-state index in [1.807, 2.05) is 0 Å². The van der Waals surface area contributed by atoms with E-state index < -0.39 is 11.9 Å². The highest BCUT2D eigenvalue weighted by atomic mass is 32.1. The van der Waals surface area contributed by atoms with Gasteiger partial charge in [-0.2, -0.15) is 4.39 Å². The molecule has 0 saturated carbocycles. The van der Waals surface area contributed by atoms with Gasteiger partial charge in [0.2, 0.25) is 5.95 Å². The summed E-state index contributed by atoms with van der Waals surface area (Å²) in [5.41, 5.74) is 0.577. The highest BCUT2D eigenvalue weighted by molar-refractivity contribution is 7.13. The Morgan fingerprint density at radius 3 is 3.00 bits per heavy atom. The monoisotopic (exact) mass is 299 g/mol. The molecular weight excluding hydrogens is 289 g/mol. The van der Waals surface area contributed by atoms with E-state index in [1.54, 1.807) is 35.8 Å². The number of benzene rings is 1. The van der Waals surface area contributed by atoms with Gasteiger partial charge in [-0.3, -0.25) is 10.1 Å². The number of fused-ring (bicyclic) bond motifs is 1. The minimum atomic E-state index is -0.636. The van der Waals surface area contributed by atoms with Crippen LogP contribution >= 0.6 is 11.3 Å². The van der Waals surface area contributed by atoms with E-state index in [0.29, 0.717) is 16.0 Å². The first-order chi connectivity index (χ1) is 10.2. The molecule has 0 radical (unpaired) electrons. The van der Waals surface area contributed by atoms with Crippen molar-refractivity contribution in [1.82, 2.24) is 9.55 Å². The molecule has 3 aromatic rings. The average molecular weight is 299 g/mol. The fraction of sp³-hybridized carbons (Fsp3) is 0.0667. The summed E-state index contributed by atoms with van der Waals surface area (Å²) in [6.07, 6.45) is 6.84. The van der Waals surface area contributed by atoms with Crippen molar-refractivity contribution in [3.05, 3.63) is 47.4 Å². The Morgan fingerprint density at radius 2 is 2.29 bits per heavy atom. The fourth-order valence-electron chi connectivity index (χ4n) is 2.18. The lowest BCUT2D eigenvalue weighted by atomic mass is 10.1. The van der Waals surface area contributed by atoms with Gasteiger partial charge in [-0.05, 0) is 6.07 Å². The Kier molecular flexibility index (Phi) is 3.42. The van der Waals surface area contributed by atoms with Gasteiger partial charge >= 0.3 is 0 Å². The summed E-state index contributed by atoms with van der Waals surface area (Å²) >= 11 is 1.27. The third-order valence-electron chi connectivity index (χ3n) is 3.04. The van der Waals surface area contributed by atoms with Crippen molar-refractivity contribution in [2.45, 2.75) is 6.54 Å². The first-order valence-electron chi connectivity index (χ1n) is 6.13. The number of anilines is 1. The summed E-state index contributed by atoms with van der Waals surface area (Å²) in [4.78, 5) is 16.3. The number of rotatable bonds is 3. The second-order valence-electron chi connectivity index (χ2n) is 4.26. The SMILES string of the molecule is C#CCn1c(F)c(C(=O)Nc2nccs2)c2ccccc21. The van der Waals surface area contributed by atoms with Gasteiger partial charge in [0.25, 0.3) is 5.91 Å². The van der Waals surface area contributed by atoms with Gasteiger partial charge in [0.1, 0.15) is 5.56 Å². The van der Waals surface area contributed by atoms with Crippen LogP contribution in [0, 0.1) is 18.3 Å². The van der Waals surface area contributed by atoms with Crippen LogP contribution in [0.25, 0.3) is 10.9 Å². The van der Waals surface area contributed by atoms with Gasteiger partial charge in [0.15, 0.2) is 5.13 Å². The summed E-state index contributed by atoms with van der Waals surface area (Å²) < 4.78 is 15.9. The Labute approximate surface area is 124 Å². The average Bonchev–Trinajstić information content (AvgIpc) is 3.07. The molecule has 2 aromatic heterocycles. The number of amides is 1. The summed E-state index contributed by atoms with van der Waals surface area (Å²) in [6, 6.07) is 6.96. The maximum absolute atomic E-state index is 14.5. The van der Waals surface area contributed by atoms with E-state index in [2.05, 4.69) is 16.2 Å². The highest BCUT2D eigenvalue weighted by Crippen LogP contribution is 2.26. The minimum Gasteiger partial charge on any atom is -0.305 e. The van der Waals surface area contributed by atoms with Crippen molar-refractivity contribution in [1.29, 1.82) is 0 Å². The first-order valence-corrected chi connectivity index (χ1v) is 7.01. The van der Waals surface area contributed by atoms with Crippen molar-refractivity contribution < 1.29 is 9.18 Å². The van der Waals surface area contributed by atoms with E-state index in [1.165, 1.54) is 15.9 Å². The van der Waals surface area contributed by atoms with Gasteiger partial charge < -0.3 is 4.57 Å². The molecule has 1 N–H and O–H groups in total. The molecule has 0 aliphatic rings. The quantitative estimate of drug-likeness (QED) is 0.755. The molecule has 0 aliphatic heterocycles. The lowest BCUT2D eigenvalue weighted by Gasteiger charge is -2.01. The molecule has 0 spiro atoms. The third-order valence-corrected chi connectivity index (χ3v) is 3.73. The first kappa shape index (κ1) is 13.3. The molecule has 0 atom stereocenters. The molecule has 0 bridgehead atoms. The molecule has 3 rings (SSSR count). The number of hydrogen-bond acceptors (Lipinski definition) is 3. The van der Waals surface area contributed by atoms with E-state index in [4.69, 9.17) is 6.42 Å². The number of nitrogens with zero attached hydrogens (tertiary/aromatic N) is 2. The molecule has 6 heteroatoms. The van der Waals surface area contributed by atoms with Gasteiger partial charge in [-0.15, -0.1) is 17.8 Å². The number of terminal acetylenes is 1. The fourth-order valence-corrected chi connectivity index (χ4v) is 2.70. The predicted octanol–water partition coefficient (Wildman–Crippen LogP) is 3.12. The molecule has 0 fully saturated rings. The molecule has 1 amide bonds. The van der Waals surface area contributed by atoms with Gasteiger partial charge in [0, 0.05) is 17.0 Å². The third kappa shape index (κ3) is 2.28. The second-order valence-corrected chi connectivity index (χ2v) is 5.16. The summed E-state index contributed by atoms with van der Waals surface area (Å²) in [5.74, 6) is 1.23. The van der Waals surface area contributed by atoms with Crippen LogP contribution < -0.4 is 5.32 Å². The molecule has 2 heterocycles. The number of thiazole rings is 1. The normalized spacial score (nSPS) is 10.5. The number of carbonyl (C=O) groups excluding carboxylic acids is 1. The molecule has 4 nitrogen and oxygen atoms in total. The maximum Gasteiger partial charge on any atom is 0.262 e. The van der Waals surface area contributed by atoms with Crippen molar-refractivity contribution >= 4 is 33.3 Å². The summed E-state index contributed by atoms with van der Waals surface area (Å²) in [6.45, 7) is 0.0663. The van der Waals surface area contributed by atoms with Crippen LogP contribution in [-0.4, -0.2) is 15.5 Å². The zero-order chi connectivity index (χ0) is 14.8. The number of aromatic nitrogens is 2. The summed E-state index contributed by atoms with van der Waals surface area (Å²) in [5, 5.41) is 5.27. The van der Waals surface area contributed by atoms with Crippen LogP contribution in [0.4, 0.5) is 9.52 Å². The molecule has 104 valence electrons. The van der Waals surface area contributed by atoms with Gasteiger partial charge in [-0.1, -0.05) is 24.1 Å². The number of hydrogen-bond donors (Lipinski definition) is 1. The minimum absolute atomic E-state index is 0.0175. The lowest BCUT2D eigenvalue weighted by Crippen LogP contribution is -2.14. The number of nitrogens with one attached hydrogen (secondary N) is 1. The highest BCUT2D eigenvalue weighted by Gasteiger charge is 2.22. The standard InChI is InChI=1S/C15H10FN3OS/c1-2-8-19-11-6-4-3-5-10(11)12(13(19)16)14(20)18-15-17-7-9-21-15/h1,3-7,9H,8H2,(H,17,18,20). The van der Waals surface area contributed by atoms with E-state index in [9.17, 15) is 9.18 Å². The number of carbonyl (C=O) groups is 1. The molecule has 1 aromatic carbocycles.